The fourth-order valence-corrected chi connectivity index (χ4v) is 14.0. The van der Waals surface area contributed by atoms with Crippen molar-refractivity contribution < 1.29 is 107 Å². The Kier molecular flexibility index (Phi) is 18.4. The fourth-order valence-electron chi connectivity index (χ4n) is 14.0. The van der Waals surface area contributed by atoms with Crippen molar-refractivity contribution in [3.05, 3.63) is 29.3 Å². The van der Waals surface area contributed by atoms with Crippen LogP contribution in [0.3, 0.4) is 0 Å². The highest BCUT2D eigenvalue weighted by Crippen LogP contribution is 2.69. The quantitative estimate of drug-likeness (QED) is 0.0768. The second kappa shape index (κ2) is 23.9. The molecule has 1 unspecified atom stereocenters. The van der Waals surface area contributed by atoms with E-state index in [1.54, 1.807) is 6.92 Å². The van der Waals surface area contributed by atoms with Crippen LogP contribution < -0.4 is 14.2 Å². The molecule has 1 aromatic rings. The predicted molar refractivity (Wildman–Crippen MR) is 267 cm³/mol. The summed E-state index contributed by atoms with van der Waals surface area (Å²) in [6, 6.07) is 2.59. The number of Topliss-reactive ketones (excluding diaryl/α,β-unsaturated/α-hetero) is 1. The zero-order valence-electron chi connectivity index (χ0n) is 45.6. The maximum atomic E-state index is 14.3. The van der Waals surface area contributed by atoms with Crippen molar-refractivity contribution in [2.45, 2.75) is 197 Å². The number of aliphatic hydroxyl groups is 8. The lowest BCUT2D eigenvalue weighted by atomic mass is 9.46. The van der Waals surface area contributed by atoms with E-state index in [4.69, 9.17) is 52.1 Å². The van der Waals surface area contributed by atoms with Gasteiger partial charge in [-0.15, -0.1) is 0 Å². The molecule has 22 heteroatoms. The maximum Gasteiger partial charge on any atom is 0.338 e. The normalized spacial score (nSPS) is 42.2. The summed E-state index contributed by atoms with van der Waals surface area (Å²) in [6.45, 7) is 9.46. The van der Waals surface area contributed by atoms with Gasteiger partial charge in [0.1, 0.15) is 60.2 Å². The topological polar surface area (TPSA) is 315 Å². The van der Waals surface area contributed by atoms with Crippen LogP contribution in [0.1, 0.15) is 110 Å². The van der Waals surface area contributed by atoms with Gasteiger partial charge in [-0.3, -0.25) is 9.59 Å². The number of rotatable bonds is 18. The number of ether oxygens (including phenoxy) is 11. The van der Waals surface area contributed by atoms with E-state index in [1.165, 1.54) is 39.0 Å². The third-order valence-electron chi connectivity index (χ3n) is 18.5. The second-order valence-corrected chi connectivity index (χ2v) is 23.2. The molecule has 22 nitrogen and oxygen atoms in total. The lowest BCUT2D eigenvalue weighted by Gasteiger charge is -2.59. The predicted octanol–water partition coefficient (Wildman–Crippen LogP) is 1.87. The lowest BCUT2D eigenvalue weighted by molar-refractivity contribution is -0.362. The van der Waals surface area contributed by atoms with Crippen LogP contribution in [0.2, 0.25) is 0 Å². The summed E-state index contributed by atoms with van der Waals surface area (Å²) in [5.74, 6) is -2.19. The van der Waals surface area contributed by atoms with Crippen LogP contribution in [0.5, 0.6) is 17.2 Å². The van der Waals surface area contributed by atoms with Crippen LogP contribution in [-0.4, -0.2) is 197 Å². The number of allylic oxidation sites excluding steroid dienone is 1. The van der Waals surface area contributed by atoms with E-state index in [9.17, 15) is 55.2 Å². The van der Waals surface area contributed by atoms with Gasteiger partial charge in [-0.1, -0.05) is 46.3 Å². The maximum absolute atomic E-state index is 14.3. The molecule has 0 spiro atoms. The van der Waals surface area contributed by atoms with E-state index in [0.29, 0.717) is 32.1 Å². The number of methoxy groups -OCH3 is 3. The van der Waals surface area contributed by atoms with E-state index in [0.717, 1.165) is 26.2 Å². The minimum atomic E-state index is -1.91. The Labute approximate surface area is 449 Å². The van der Waals surface area contributed by atoms with Gasteiger partial charge in [0.05, 0.1) is 58.9 Å². The van der Waals surface area contributed by atoms with E-state index in [-0.39, 0.29) is 70.2 Å². The fraction of sp³-hybridized carbons (Fsp3) is 0.800. The minimum Gasteiger partial charge on any atom is -0.493 e. The van der Waals surface area contributed by atoms with Gasteiger partial charge in [-0.25, -0.2) is 4.79 Å². The van der Waals surface area contributed by atoms with Gasteiger partial charge in [0.2, 0.25) is 5.75 Å². The Balaban J connectivity index is 1.11. The zero-order valence-corrected chi connectivity index (χ0v) is 45.6. The number of hydrogen-bond donors (Lipinski definition) is 8. The summed E-state index contributed by atoms with van der Waals surface area (Å²) in [4.78, 5) is 41.7. The Hall–Kier alpha value is -3.59. The molecular weight excluding hydrogens is 1010 g/mol. The van der Waals surface area contributed by atoms with Crippen molar-refractivity contribution in [3.63, 3.8) is 0 Å². The molecule has 3 aliphatic heterocycles. The molecule has 434 valence electrons. The second-order valence-electron chi connectivity index (χ2n) is 23.2. The van der Waals surface area contributed by atoms with Gasteiger partial charge >= 0.3 is 11.9 Å². The smallest absolute Gasteiger partial charge is 0.338 e. The lowest BCUT2D eigenvalue weighted by Crippen LogP contribution is -2.65. The summed E-state index contributed by atoms with van der Waals surface area (Å²) in [6.07, 6.45) is -15.8. The third-order valence-corrected chi connectivity index (χ3v) is 18.5. The highest BCUT2D eigenvalue weighted by Gasteiger charge is 2.71. The Morgan fingerprint density at radius 1 is 0.766 bits per heavy atom. The van der Waals surface area contributed by atoms with Crippen LogP contribution in [0.15, 0.2) is 23.8 Å². The van der Waals surface area contributed by atoms with Crippen molar-refractivity contribution in [1.29, 1.82) is 0 Å². The molecule has 0 amide bonds. The average molecular weight is 1100 g/mol. The molecule has 8 rings (SSSR count). The summed E-state index contributed by atoms with van der Waals surface area (Å²) >= 11 is 0. The van der Waals surface area contributed by atoms with Crippen LogP contribution in [0.25, 0.3) is 0 Å². The van der Waals surface area contributed by atoms with Gasteiger partial charge in [0, 0.05) is 24.7 Å². The first-order valence-corrected chi connectivity index (χ1v) is 27.1. The largest absolute Gasteiger partial charge is 0.493 e. The number of carbonyl (C=O) groups excluding carboxylic acids is 3. The number of ketones is 1. The number of benzene rings is 1. The molecule has 6 fully saturated rings. The first-order chi connectivity index (χ1) is 36.4. The van der Waals surface area contributed by atoms with Gasteiger partial charge in [0.15, 0.2) is 42.6 Å². The van der Waals surface area contributed by atoms with E-state index < -0.39 is 135 Å². The van der Waals surface area contributed by atoms with E-state index in [1.807, 2.05) is 13.8 Å². The Morgan fingerprint density at radius 3 is 2.08 bits per heavy atom. The molecule has 3 saturated carbocycles. The third kappa shape index (κ3) is 11.2. The summed E-state index contributed by atoms with van der Waals surface area (Å²) in [5.41, 5.74) is -1.63. The van der Waals surface area contributed by atoms with Crippen LogP contribution in [-0.2, 0) is 47.5 Å². The molecule has 0 aromatic heterocycles. The highest BCUT2D eigenvalue weighted by molar-refractivity contribution is 5.91. The molecule has 7 aliphatic rings. The molecule has 4 aliphatic carbocycles. The number of aliphatic hydroxyl groups excluding tert-OH is 7. The van der Waals surface area contributed by atoms with E-state index in [2.05, 4.69) is 19.9 Å². The molecule has 3 heterocycles. The molecule has 0 radical (unpaired) electrons. The number of fused-ring (bicyclic) bond motifs is 5. The Morgan fingerprint density at radius 2 is 1.44 bits per heavy atom. The molecule has 0 bridgehead atoms. The van der Waals surface area contributed by atoms with Crippen molar-refractivity contribution in [2.24, 2.45) is 40.4 Å². The van der Waals surface area contributed by atoms with Gasteiger partial charge < -0.3 is 93.0 Å². The first-order valence-electron chi connectivity index (χ1n) is 27.1. The molecule has 22 atom stereocenters. The van der Waals surface area contributed by atoms with Crippen LogP contribution in [0.4, 0.5) is 0 Å². The molecule has 1 aromatic carbocycles. The first kappa shape index (κ1) is 59.5. The average Bonchev–Trinajstić information content (AvgIpc) is 3.85. The van der Waals surface area contributed by atoms with Crippen molar-refractivity contribution in [1.82, 2.24) is 0 Å². The summed E-state index contributed by atoms with van der Waals surface area (Å²) in [5, 5.41) is 89.8. The molecule has 77 heavy (non-hydrogen) atoms. The number of hydrogen-bond acceptors (Lipinski definition) is 22. The zero-order chi connectivity index (χ0) is 56.1. The molecule has 3 saturated heterocycles. The number of carbonyl (C=O) groups is 3. The molecule has 8 N–H and O–H groups in total. The SMILES string of the molecule is COc1cc(C(=O)O[C@H]2[C@H](O[C@@H]3[C@@H](OC(C)=O)[C@H](O[C@H]4C[C@H]5[C@@H]6CC=C7C[C@@H](O)CC[C@]7(C)[C@H]6CC[C@]5(C)[C@]4(O)C(C)C(=O)CCC(C)C)OC[C@@H]3O)OC[C@@H](O[C@@H]3O[C@H](CO)[C@@H](O)[C@H](O)[C@H]3O)[C@@H]2O)cc(OC)c1OC. The summed E-state index contributed by atoms with van der Waals surface area (Å²) in [7, 11) is 4.04. The van der Waals surface area contributed by atoms with Gasteiger partial charge in [-0.05, 0) is 92.6 Å². The standard InChI is InChI=1S/C55H82O22/c1-25(2)10-13-34(59)26(3)55(66)40(21-33-31-12-11-29-20-30(58)14-16-53(29,5)32(31)15-17-54(33,55)6)75-52-48(72-27(4)57)45(35(60)23-70-52)77-51-47(76-49(65)28-18-36(67-7)46(69-9)37(19-28)68-8)42(62)39(24-71-51)74-50-44(64)43(63)41(61)38(22-56)73-50/h11,18-19,25-26,30-33,35,38-45,47-48,50-52,56,58,60-64,66H,10,12-17,20-24H2,1-9H3/t26?,30-,31+,32-,33-,35-,38+,39+,40-,41+,42-,43-,44+,45-,47+,48+,50-,51-,52-,53-,54-,55-/m0/s1. The van der Waals surface area contributed by atoms with Crippen molar-refractivity contribution in [3.8, 4) is 17.2 Å². The monoisotopic (exact) mass is 1090 g/mol. The summed E-state index contributed by atoms with van der Waals surface area (Å²) < 4.78 is 65.3. The Bertz CT molecular complexity index is 2250. The van der Waals surface area contributed by atoms with E-state index >= 15 is 0 Å². The number of esters is 2. The molecular formula is C55H82O22. The minimum absolute atomic E-state index is 0.0805. The van der Waals surface area contributed by atoms with Crippen LogP contribution >= 0.6 is 0 Å². The van der Waals surface area contributed by atoms with Crippen molar-refractivity contribution in [2.75, 3.05) is 41.2 Å². The van der Waals surface area contributed by atoms with Crippen LogP contribution in [0, 0.1) is 40.4 Å². The highest BCUT2D eigenvalue weighted by atomic mass is 16.8. The van der Waals surface area contributed by atoms with Gasteiger partial charge in [0.25, 0.3) is 0 Å². The van der Waals surface area contributed by atoms with Crippen molar-refractivity contribution >= 4 is 17.7 Å². The van der Waals surface area contributed by atoms with Gasteiger partial charge in [-0.2, -0.15) is 0 Å².